The number of hydrogen-bond donors (Lipinski definition) is 2. The molecule has 0 spiro atoms. The summed E-state index contributed by atoms with van der Waals surface area (Å²) in [5, 5.41) is 16.5. The highest BCUT2D eigenvalue weighted by Crippen LogP contribution is 2.74. The SMILES string of the molecule is CC(C)c1n[nH]c(CC2CCN(C(=O)C34CC(C(=O)O)(C3)C4)CC2)n1. The van der Waals surface area contributed by atoms with Crippen LogP contribution in [0.2, 0.25) is 0 Å². The third-order valence-corrected chi connectivity index (χ3v) is 6.39. The zero-order valence-corrected chi connectivity index (χ0v) is 14.9. The second kappa shape index (κ2) is 5.54. The van der Waals surface area contributed by atoms with Crippen LogP contribution in [0.4, 0.5) is 0 Å². The summed E-state index contributed by atoms with van der Waals surface area (Å²) in [5.74, 6) is 2.11. The van der Waals surface area contributed by atoms with Gasteiger partial charge in [0.1, 0.15) is 5.82 Å². The Bertz CT molecular complexity index is 683. The fourth-order valence-electron chi connectivity index (χ4n) is 4.85. The fraction of sp³-hybridized carbons (Fsp3) is 0.778. The highest BCUT2D eigenvalue weighted by Gasteiger charge is 2.75. The molecule has 0 atom stereocenters. The highest BCUT2D eigenvalue weighted by atomic mass is 16.4. The molecule has 2 heterocycles. The van der Waals surface area contributed by atoms with E-state index in [-0.39, 0.29) is 11.3 Å². The molecule has 5 rings (SSSR count). The van der Waals surface area contributed by atoms with E-state index < -0.39 is 11.4 Å². The number of carbonyl (C=O) groups excluding carboxylic acids is 1. The van der Waals surface area contributed by atoms with E-state index in [4.69, 9.17) is 0 Å². The van der Waals surface area contributed by atoms with Gasteiger partial charge in [-0.25, -0.2) is 4.98 Å². The van der Waals surface area contributed by atoms with E-state index in [1.807, 2.05) is 4.90 Å². The summed E-state index contributed by atoms with van der Waals surface area (Å²) in [6.45, 7) is 5.71. The number of carbonyl (C=O) groups is 2. The lowest BCUT2D eigenvalue weighted by molar-refractivity contribution is -0.226. The van der Waals surface area contributed by atoms with Gasteiger partial charge in [-0.3, -0.25) is 14.7 Å². The topological polar surface area (TPSA) is 99.2 Å². The fourth-order valence-corrected chi connectivity index (χ4v) is 4.85. The highest BCUT2D eigenvalue weighted by molar-refractivity contribution is 5.93. The lowest BCUT2D eigenvalue weighted by atomic mass is 9.34. The van der Waals surface area contributed by atoms with Gasteiger partial charge in [-0.2, -0.15) is 5.10 Å². The molecular weight excluding hydrogens is 320 g/mol. The van der Waals surface area contributed by atoms with E-state index in [1.54, 1.807) is 0 Å². The number of rotatable bonds is 5. The van der Waals surface area contributed by atoms with Crippen molar-refractivity contribution in [2.75, 3.05) is 13.1 Å². The van der Waals surface area contributed by atoms with Crippen LogP contribution in [0.15, 0.2) is 0 Å². The normalized spacial score (nSPS) is 31.6. The van der Waals surface area contributed by atoms with Crippen LogP contribution in [0.5, 0.6) is 0 Å². The minimum Gasteiger partial charge on any atom is -0.481 e. The standard InChI is InChI=1S/C18H26N4O3/c1-11(2)14-19-13(20-21-14)7-12-3-5-22(6-4-12)15(23)17-8-18(9-17,10-17)16(24)25/h11-12H,3-10H2,1-2H3,(H,24,25)(H,19,20,21). The largest absolute Gasteiger partial charge is 0.481 e. The van der Waals surface area contributed by atoms with E-state index in [2.05, 4.69) is 29.0 Å². The van der Waals surface area contributed by atoms with Crippen LogP contribution < -0.4 is 0 Å². The van der Waals surface area contributed by atoms with E-state index >= 15 is 0 Å². The Morgan fingerprint density at radius 2 is 1.88 bits per heavy atom. The molecule has 7 heteroatoms. The minimum absolute atomic E-state index is 0.191. The summed E-state index contributed by atoms with van der Waals surface area (Å²) in [7, 11) is 0. The molecule has 1 saturated heterocycles. The number of H-pyrrole nitrogens is 1. The van der Waals surface area contributed by atoms with Crippen LogP contribution in [0.3, 0.4) is 0 Å². The van der Waals surface area contributed by atoms with Crippen LogP contribution in [-0.2, 0) is 16.0 Å². The Labute approximate surface area is 147 Å². The Morgan fingerprint density at radius 1 is 1.24 bits per heavy atom. The molecule has 0 aromatic carbocycles. The molecule has 1 amide bonds. The number of nitrogens with zero attached hydrogens (tertiary/aromatic N) is 3. The van der Waals surface area contributed by atoms with Crippen molar-refractivity contribution in [3.8, 4) is 0 Å². The van der Waals surface area contributed by atoms with Crippen LogP contribution in [0.1, 0.15) is 63.5 Å². The number of carboxylic acids is 1. The van der Waals surface area contributed by atoms with Crippen LogP contribution >= 0.6 is 0 Å². The van der Waals surface area contributed by atoms with Gasteiger partial charge in [0, 0.05) is 25.4 Å². The van der Waals surface area contributed by atoms with Crippen molar-refractivity contribution in [3.05, 3.63) is 11.6 Å². The molecule has 1 aromatic heterocycles. The van der Waals surface area contributed by atoms with Gasteiger partial charge in [0.2, 0.25) is 5.91 Å². The first-order valence-electron chi connectivity index (χ1n) is 9.28. The Kier molecular flexibility index (Phi) is 3.67. The quantitative estimate of drug-likeness (QED) is 0.849. The molecule has 4 fully saturated rings. The Morgan fingerprint density at radius 3 is 2.40 bits per heavy atom. The smallest absolute Gasteiger partial charge is 0.309 e. The maximum Gasteiger partial charge on any atom is 0.309 e. The summed E-state index contributed by atoms with van der Waals surface area (Å²) in [6, 6.07) is 0. The summed E-state index contributed by atoms with van der Waals surface area (Å²) in [5.41, 5.74) is -0.920. The first kappa shape index (κ1) is 16.5. The number of carboxylic acid groups (broad SMARTS) is 1. The average molecular weight is 346 g/mol. The number of piperidine rings is 1. The van der Waals surface area contributed by atoms with Gasteiger partial charge in [-0.1, -0.05) is 13.8 Å². The van der Waals surface area contributed by atoms with Gasteiger partial charge in [0.25, 0.3) is 0 Å². The third-order valence-electron chi connectivity index (χ3n) is 6.39. The van der Waals surface area contributed by atoms with Crippen LogP contribution in [-0.4, -0.2) is 50.2 Å². The van der Waals surface area contributed by atoms with Crippen molar-refractivity contribution in [2.24, 2.45) is 16.7 Å². The first-order chi connectivity index (χ1) is 11.8. The van der Waals surface area contributed by atoms with E-state index in [0.29, 0.717) is 31.1 Å². The van der Waals surface area contributed by atoms with E-state index in [9.17, 15) is 14.7 Å². The molecule has 25 heavy (non-hydrogen) atoms. The maximum absolute atomic E-state index is 12.8. The molecule has 2 bridgehead atoms. The van der Waals surface area contributed by atoms with Crippen molar-refractivity contribution < 1.29 is 14.7 Å². The zero-order valence-electron chi connectivity index (χ0n) is 14.9. The third kappa shape index (κ3) is 2.55. The van der Waals surface area contributed by atoms with Gasteiger partial charge in [0.15, 0.2) is 5.82 Å². The predicted molar refractivity (Wildman–Crippen MR) is 89.8 cm³/mol. The van der Waals surface area contributed by atoms with Gasteiger partial charge in [-0.15, -0.1) is 0 Å². The summed E-state index contributed by atoms with van der Waals surface area (Å²) in [4.78, 5) is 30.5. The molecule has 3 aliphatic carbocycles. The number of nitrogens with one attached hydrogen (secondary N) is 1. The summed E-state index contributed by atoms with van der Waals surface area (Å²) in [6.07, 6.45) is 4.47. The van der Waals surface area contributed by atoms with E-state index in [0.717, 1.165) is 44.0 Å². The van der Waals surface area contributed by atoms with Gasteiger partial charge in [-0.05, 0) is 38.0 Å². The number of aromatic amines is 1. The van der Waals surface area contributed by atoms with E-state index in [1.165, 1.54) is 0 Å². The summed E-state index contributed by atoms with van der Waals surface area (Å²) >= 11 is 0. The van der Waals surface area contributed by atoms with Gasteiger partial charge in [0.05, 0.1) is 10.8 Å². The molecule has 3 saturated carbocycles. The Balaban J connectivity index is 1.27. The molecule has 136 valence electrons. The van der Waals surface area contributed by atoms with Crippen molar-refractivity contribution in [3.63, 3.8) is 0 Å². The van der Waals surface area contributed by atoms with Crippen LogP contribution in [0.25, 0.3) is 0 Å². The number of likely N-dealkylation sites (tertiary alicyclic amines) is 1. The number of aliphatic carboxylic acids is 1. The zero-order chi connectivity index (χ0) is 17.8. The monoisotopic (exact) mass is 346 g/mol. The van der Waals surface area contributed by atoms with Crippen molar-refractivity contribution >= 4 is 11.9 Å². The first-order valence-corrected chi connectivity index (χ1v) is 9.28. The predicted octanol–water partition coefficient (Wildman–Crippen LogP) is 1.96. The summed E-state index contributed by atoms with van der Waals surface area (Å²) < 4.78 is 0. The number of amides is 1. The van der Waals surface area contributed by atoms with Crippen molar-refractivity contribution in [2.45, 2.75) is 58.3 Å². The second-order valence-electron chi connectivity index (χ2n) is 8.63. The molecule has 7 nitrogen and oxygen atoms in total. The van der Waals surface area contributed by atoms with Crippen molar-refractivity contribution in [1.29, 1.82) is 0 Å². The Hall–Kier alpha value is -1.92. The molecule has 2 N–H and O–H groups in total. The molecule has 4 aliphatic rings. The lowest BCUT2D eigenvalue weighted by Gasteiger charge is -2.67. The molecule has 1 aromatic rings. The van der Waals surface area contributed by atoms with Gasteiger partial charge >= 0.3 is 5.97 Å². The molecule has 1 aliphatic heterocycles. The molecule has 0 radical (unpaired) electrons. The molecule has 0 unspecified atom stereocenters. The maximum atomic E-state index is 12.8. The van der Waals surface area contributed by atoms with Crippen LogP contribution in [0, 0.1) is 16.7 Å². The number of aromatic nitrogens is 3. The van der Waals surface area contributed by atoms with Crippen molar-refractivity contribution in [1.82, 2.24) is 20.1 Å². The minimum atomic E-state index is -0.728. The van der Waals surface area contributed by atoms with Gasteiger partial charge < -0.3 is 10.0 Å². The average Bonchev–Trinajstić information content (AvgIpc) is 2.93. The number of hydrogen-bond acceptors (Lipinski definition) is 4. The molecular formula is C18H26N4O3. The second-order valence-corrected chi connectivity index (χ2v) is 8.63. The lowest BCUT2D eigenvalue weighted by Crippen LogP contribution is -2.71.